The van der Waals surface area contributed by atoms with Crippen molar-refractivity contribution in [2.24, 2.45) is 0 Å². The van der Waals surface area contributed by atoms with Gasteiger partial charge in [-0.15, -0.1) is 0 Å². The minimum absolute atomic E-state index is 0.0928. The maximum absolute atomic E-state index is 11.1. The van der Waals surface area contributed by atoms with Crippen molar-refractivity contribution in [3.8, 4) is 0 Å². The van der Waals surface area contributed by atoms with Crippen LogP contribution in [0.1, 0.15) is 25.2 Å². The summed E-state index contributed by atoms with van der Waals surface area (Å²) in [4.78, 5) is 20.0. The average molecular weight is 361 g/mol. The molecule has 0 saturated carbocycles. The zero-order valence-corrected chi connectivity index (χ0v) is 15.7. The topological polar surface area (TPSA) is 78.9 Å². The number of hydrogen-bond donors (Lipinski definition) is 3. The van der Waals surface area contributed by atoms with Gasteiger partial charge in [-0.1, -0.05) is 19.1 Å². The summed E-state index contributed by atoms with van der Waals surface area (Å²) in [7, 11) is 0. The standard InChI is InChI=1S/C21H23N5O/c1-4-16-5-7-18(8-6-16)25-20-13-21(23-14(2)22-20)26-19-11-9-17(10-12-19)24-15(3)27/h5-13H,4H2,1-3H3,(H,24,27)(H2,22,23,25,26). The summed E-state index contributed by atoms with van der Waals surface area (Å²) < 4.78 is 0. The molecule has 6 heteroatoms. The third kappa shape index (κ3) is 5.28. The van der Waals surface area contributed by atoms with E-state index in [1.807, 2.05) is 49.4 Å². The fraction of sp³-hybridized carbons (Fsp3) is 0.190. The molecule has 0 bridgehead atoms. The maximum Gasteiger partial charge on any atom is 0.221 e. The number of carbonyl (C=O) groups excluding carboxylic acids is 1. The van der Waals surface area contributed by atoms with Gasteiger partial charge >= 0.3 is 0 Å². The van der Waals surface area contributed by atoms with Crippen molar-refractivity contribution in [1.29, 1.82) is 0 Å². The quantitative estimate of drug-likeness (QED) is 0.588. The van der Waals surface area contributed by atoms with Gasteiger partial charge in [-0.3, -0.25) is 4.79 Å². The van der Waals surface area contributed by atoms with Crippen LogP contribution in [0.25, 0.3) is 0 Å². The predicted molar refractivity (Wildman–Crippen MR) is 110 cm³/mol. The molecule has 0 aliphatic carbocycles. The first-order chi connectivity index (χ1) is 13.0. The lowest BCUT2D eigenvalue weighted by Crippen LogP contribution is -2.05. The molecule has 2 aromatic carbocycles. The molecule has 1 amide bonds. The number of hydrogen-bond acceptors (Lipinski definition) is 5. The largest absolute Gasteiger partial charge is 0.340 e. The van der Waals surface area contributed by atoms with Gasteiger partial charge in [0.25, 0.3) is 0 Å². The van der Waals surface area contributed by atoms with Gasteiger partial charge in [-0.25, -0.2) is 9.97 Å². The molecule has 0 fully saturated rings. The number of anilines is 5. The van der Waals surface area contributed by atoms with Crippen LogP contribution in [-0.4, -0.2) is 15.9 Å². The van der Waals surface area contributed by atoms with Crippen LogP contribution in [0.15, 0.2) is 54.6 Å². The van der Waals surface area contributed by atoms with Gasteiger partial charge in [0.05, 0.1) is 0 Å². The third-order valence-corrected chi connectivity index (χ3v) is 3.95. The Labute approximate surface area is 159 Å². The first-order valence-corrected chi connectivity index (χ1v) is 8.88. The van der Waals surface area contributed by atoms with Crippen LogP contribution >= 0.6 is 0 Å². The van der Waals surface area contributed by atoms with E-state index in [0.29, 0.717) is 11.6 Å². The molecule has 0 spiro atoms. The zero-order valence-electron chi connectivity index (χ0n) is 15.7. The van der Waals surface area contributed by atoms with Gasteiger partial charge in [0.2, 0.25) is 5.91 Å². The number of carbonyl (C=O) groups is 1. The molecule has 138 valence electrons. The summed E-state index contributed by atoms with van der Waals surface area (Å²) in [5, 5.41) is 9.33. The summed E-state index contributed by atoms with van der Waals surface area (Å²) in [6.45, 7) is 5.48. The monoisotopic (exact) mass is 361 g/mol. The molecular formula is C21H23N5O. The smallest absolute Gasteiger partial charge is 0.221 e. The third-order valence-electron chi connectivity index (χ3n) is 3.95. The first-order valence-electron chi connectivity index (χ1n) is 8.88. The van der Waals surface area contributed by atoms with Gasteiger partial charge in [-0.05, 0) is 55.3 Å². The number of aryl methyl sites for hydroxylation is 2. The van der Waals surface area contributed by atoms with E-state index in [1.165, 1.54) is 12.5 Å². The Bertz CT molecular complexity index is 920. The highest BCUT2D eigenvalue weighted by molar-refractivity contribution is 5.88. The molecule has 1 heterocycles. The molecule has 3 N–H and O–H groups in total. The summed E-state index contributed by atoms with van der Waals surface area (Å²) in [5.74, 6) is 2.00. The van der Waals surface area contributed by atoms with Crippen LogP contribution in [0.2, 0.25) is 0 Å². The molecule has 0 aliphatic rings. The van der Waals surface area contributed by atoms with Gasteiger partial charge in [0, 0.05) is 30.1 Å². The lowest BCUT2D eigenvalue weighted by atomic mass is 10.1. The molecule has 0 saturated heterocycles. The summed E-state index contributed by atoms with van der Waals surface area (Å²) >= 11 is 0. The highest BCUT2D eigenvalue weighted by Crippen LogP contribution is 2.22. The Morgan fingerprint density at radius 3 is 1.81 bits per heavy atom. The van der Waals surface area contributed by atoms with E-state index in [0.717, 1.165) is 29.3 Å². The van der Waals surface area contributed by atoms with E-state index < -0.39 is 0 Å². The van der Waals surface area contributed by atoms with E-state index in [4.69, 9.17) is 0 Å². The molecule has 27 heavy (non-hydrogen) atoms. The Balaban J connectivity index is 1.73. The molecule has 0 unspecified atom stereocenters. The lowest BCUT2D eigenvalue weighted by Gasteiger charge is -2.11. The average Bonchev–Trinajstić information content (AvgIpc) is 2.63. The summed E-state index contributed by atoms with van der Waals surface area (Å²) in [6, 6.07) is 17.6. The van der Waals surface area contributed by atoms with Crippen molar-refractivity contribution in [2.75, 3.05) is 16.0 Å². The fourth-order valence-corrected chi connectivity index (χ4v) is 2.66. The number of aromatic nitrogens is 2. The number of benzene rings is 2. The second kappa shape index (κ2) is 8.31. The van der Waals surface area contributed by atoms with E-state index in [1.54, 1.807) is 0 Å². The Hall–Kier alpha value is -3.41. The van der Waals surface area contributed by atoms with Crippen LogP contribution in [0.5, 0.6) is 0 Å². The number of nitrogens with one attached hydrogen (secondary N) is 3. The van der Waals surface area contributed by atoms with E-state index in [9.17, 15) is 4.79 Å². The molecule has 0 radical (unpaired) electrons. The minimum atomic E-state index is -0.0928. The van der Waals surface area contributed by atoms with Crippen LogP contribution < -0.4 is 16.0 Å². The van der Waals surface area contributed by atoms with Crippen molar-refractivity contribution < 1.29 is 4.79 Å². The minimum Gasteiger partial charge on any atom is -0.340 e. The van der Waals surface area contributed by atoms with Gasteiger partial charge < -0.3 is 16.0 Å². The highest BCUT2D eigenvalue weighted by atomic mass is 16.1. The van der Waals surface area contributed by atoms with Crippen LogP contribution in [-0.2, 0) is 11.2 Å². The molecular weight excluding hydrogens is 338 g/mol. The SMILES string of the molecule is CCc1ccc(Nc2cc(Nc3ccc(NC(C)=O)cc3)nc(C)n2)cc1. The second-order valence-corrected chi connectivity index (χ2v) is 6.24. The summed E-state index contributed by atoms with van der Waals surface area (Å²) in [6.07, 6.45) is 1.02. The van der Waals surface area contributed by atoms with Gasteiger partial charge in [-0.2, -0.15) is 0 Å². The maximum atomic E-state index is 11.1. The molecule has 3 aromatic rings. The van der Waals surface area contributed by atoms with Gasteiger partial charge in [0.1, 0.15) is 17.5 Å². The second-order valence-electron chi connectivity index (χ2n) is 6.24. The van der Waals surface area contributed by atoms with Crippen LogP contribution in [0.4, 0.5) is 28.7 Å². The Morgan fingerprint density at radius 2 is 1.33 bits per heavy atom. The number of amides is 1. The van der Waals surface area contributed by atoms with Crippen molar-refractivity contribution in [3.63, 3.8) is 0 Å². The molecule has 6 nitrogen and oxygen atoms in total. The normalized spacial score (nSPS) is 10.3. The first kappa shape index (κ1) is 18.4. The van der Waals surface area contributed by atoms with E-state index >= 15 is 0 Å². The molecule has 1 aromatic heterocycles. The fourth-order valence-electron chi connectivity index (χ4n) is 2.66. The zero-order chi connectivity index (χ0) is 19.2. The lowest BCUT2D eigenvalue weighted by molar-refractivity contribution is -0.114. The highest BCUT2D eigenvalue weighted by Gasteiger charge is 2.04. The van der Waals surface area contributed by atoms with Crippen molar-refractivity contribution in [3.05, 3.63) is 66.0 Å². The number of rotatable bonds is 6. The van der Waals surface area contributed by atoms with Crippen LogP contribution in [0.3, 0.4) is 0 Å². The van der Waals surface area contributed by atoms with Gasteiger partial charge in [0.15, 0.2) is 0 Å². The Kier molecular flexibility index (Phi) is 5.66. The van der Waals surface area contributed by atoms with Crippen molar-refractivity contribution in [2.45, 2.75) is 27.2 Å². The summed E-state index contributed by atoms with van der Waals surface area (Å²) in [5.41, 5.74) is 3.91. The Morgan fingerprint density at radius 1 is 0.852 bits per heavy atom. The number of nitrogens with zero attached hydrogens (tertiary/aromatic N) is 2. The van der Waals surface area contributed by atoms with E-state index in [-0.39, 0.29) is 5.91 Å². The molecule has 0 atom stereocenters. The van der Waals surface area contributed by atoms with Crippen molar-refractivity contribution >= 4 is 34.6 Å². The van der Waals surface area contributed by atoms with E-state index in [2.05, 4.69) is 45.0 Å². The van der Waals surface area contributed by atoms with Crippen LogP contribution in [0, 0.1) is 6.92 Å². The molecule has 3 rings (SSSR count). The predicted octanol–water partition coefficient (Wildman–Crippen LogP) is 4.79. The molecule has 0 aliphatic heterocycles. The van der Waals surface area contributed by atoms with Crippen molar-refractivity contribution in [1.82, 2.24) is 9.97 Å².